The van der Waals surface area contributed by atoms with Gasteiger partial charge < -0.3 is 10.1 Å². The molecule has 1 N–H and O–H groups in total. The first-order valence-electron chi connectivity index (χ1n) is 10.5. The summed E-state index contributed by atoms with van der Waals surface area (Å²) in [6.07, 6.45) is 2.94. The maximum atomic E-state index is 12.6. The fourth-order valence-corrected chi connectivity index (χ4v) is 4.21. The van der Waals surface area contributed by atoms with E-state index >= 15 is 0 Å². The van der Waals surface area contributed by atoms with Crippen LogP contribution in [0.4, 0.5) is 5.69 Å². The number of carbonyl (C=O) groups is 1. The van der Waals surface area contributed by atoms with Crippen LogP contribution in [0.15, 0.2) is 59.4 Å². The van der Waals surface area contributed by atoms with E-state index in [1.54, 1.807) is 30.3 Å². The van der Waals surface area contributed by atoms with Gasteiger partial charge in [-0.05, 0) is 37.1 Å². The fourth-order valence-electron chi connectivity index (χ4n) is 3.25. The molecule has 32 heavy (non-hydrogen) atoms. The van der Waals surface area contributed by atoms with E-state index in [4.69, 9.17) is 4.74 Å². The van der Waals surface area contributed by atoms with Crippen molar-refractivity contribution in [3.63, 3.8) is 0 Å². The monoisotopic (exact) mass is 448 g/mol. The van der Waals surface area contributed by atoms with Crippen LogP contribution in [-0.4, -0.2) is 20.5 Å². The van der Waals surface area contributed by atoms with E-state index in [-0.39, 0.29) is 18.1 Å². The van der Waals surface area contributed by atoms with Gasteiger partial charge in [0, 0.05) is 29.8 Å². The van der Waals surface area contributed by atoms with E-state index in [0.717, 1.165) is 29.8 Å². The van der Waals surface area contributed by atoms with Crippen molar-refractivity contribution >= 4 is 27.9 Å². The summed E-state index contributed by atoms with van der Waals surface area (Å²) >= 11 is 1.43. The molecule has 0 radical (unpaired) electrons. The highest BCUT2D eigenvalue weighted by molar-refractivity contribution is 7.16. The Balaban J connectivity index is 1.45. The number of aryl methyl sites for hydroxylation is 2. The predicted octanol–water partition coefficient (Wildman–Crippen LogP) is 4.63. The summed E-state index contributed by atoms with van der Waals surface area (Å²) in [5.74, 6) is 0.395. The third-order valence-electron chi connectivity index (χ3n) is 4.95. The highest BCUT2D eigenvalue weighted by Crippen LogP contribution is 2.20. The van der Waals surface area contributed by atoms with Gasteiger partial charge >= 0.3 is 0 Å². The Hall–Kier alpha value is -3.52. The summed E-state index contributed by atoms with van der Waals surface area (Å²) in [6.45, 7) is 4.16. The maximum Gasteiger partial charge on any atom is 0.275 e. The molecule has 2 aromatic heterocycles. The van der Waals surface area contributed by atoms with Gasteiger partial charge in [-0.3, -0.25) is 9.59 Å². The van der Waals surface area contributed by atoms with Gasteiger partial charge in [-0.2, -0.15) is 9.61 Å². The second kappa shape index (κ2) is 9.74. The number of amides is 1. The van der Waals surface area contributed by atoms with Crippen molar-refractivity contribution in [2.24, 2.45) is 0 Å². The molecule has 2 aromatic carbocycles. The average molecular weight is 449 g/mol. The summed E-state index contributed by atoms with van der Waals surface area (Å²) in [5, 5.41) is 8.16. The number of rotatable bonds is 8. The van der Waals surface area contributed by atoms with E-state index in [2.05, 4.69) is 22.3 Å². The number of nitrogens with zero attached hydrogens (tertiary/aromatic N) is 3. The van der Waals surface area contributed by atoms with Gasteiger partial charge in [0.2, 0.25) is 4.96 Å². The van der Waals surface area contributed by atoms with E-state index in [1.807, 2.05) is 25.1 Å². The van der Waals surface area contributed by atoms with Crippen molar-refractivity contribution in [2.45, 2.75) is 39.7 Å². The highest BCUT2D eigenvalue weighted by Gasteiger charge is 2.11. The SMILES string of the molecule is CCCCc1nn2c(=O)cc(COc3cccc(NC(=O)c4ccccc4C)c3)nc2s1. The Kier molecular flexibility index (Phi) is 6.61. The minimum Gasteiger partial charge on any atom is -0.487 e. The average Bonchev–Trinajstić information content (AvgIpc) is 3.20. The summed E-state index contributed by atoms with van der Waals surface area (Å²) in [7, 11) is 0. The molecule has 4 rings (SSSR count). The second-order valence-corrected chi connectivity index (χ2v) is 8.51. The number of hydrogen-bond donors (Lipinski definition) is 1. The van der Waals surface area contributed by atoms with Gasteiger partial charge in [0.25, 0.3) is 11.5 Å². The highest BCUT2D eigenvalue weighted by atomic mass is 32.1. The molecule has 164 valence electrons. The number of carbonyl (C=O) groups excluding carboxylic acids is 1. The van der Waals surface area contributed by atoms with Crippen LogP contribution >= 0.6 is 11.3 Å². The number of aromatic nitrogens is 3. The third-order valence-corrected chi connectivity index (χ3v) is 5.92. The van der Waals surface area contributed by atoms with Crippen LogP contribution in [-0.2, 0) is 13.0 Å². The third kappa shape index (κ3) is 5.03. The minimum atomic E-state index is -0.216. The number of nitrogens with one attached hydrogen (secondary N) is 1. The topological polar surface area (TPSA) is 85.6 Å². The van der Waals surface area contributed by atoms with Crippen LogP contribution in [0.25, 0.3) is 4.96 Å². The molecule has 0 saturated heterocycles. The Bertz CT molecular complexity index is 1310. The van der Waals surface area contributed by atoms with Gasteiger partial charge in [-0.1, -0.05) is 48.9 Å². The fraction of sp³-hybridized carbons (Fsp3) is 0.250. The molecular formula is C24H24N4O3S. The maximum absolute atomic E-state index is 12.6. The zero-order valence-corrected chi connectivity index (χ0v) is 18.8. The standard InChI is InChI=1S/C24H24N4O3S/c1-3-4-12-21-27-28-22(29)14-18(26-24(28)32-21)15-31-19-10-7-9-17(13-19)25-23(30)20-11-6-5-8-16(20)2/h5-11,13-14H,3-4,12,15H2,1-2H3,(H,25,30). The predicted molar refractivity (Wildman–Crippen MR) is 126 cm³/mol. The first-order chi connectivity index (χ1) is 15.5. The van der Waals surface area contributed by atoms with Crippen LogP contribution in [0, 0.1) is 6.92 Å². The van der Waals surface area contributed by atoms with Crippen LogP contribution in [0.5, 0.6) is 5.75 Å². The minimum absolute atomic E-state index is 0.142. The first kappa shape index (κ1) is 21.7. The Morgan fingerprint density at radius 3 is 2.81 bits per heavy atom. The van der Waals surface area contributed by atoms with E-state index in [9.17, 15) is 9.59 Å². The second-order valence-electron chi connectivity index (χ2n) is 7.47. The molecule has 0 spiro atoms. The Morgan fingerprint density at radius 2 is 2.00 bits per heavy atom. The Labute approximate surface area is 189 Å². The van der Waals surface area contributed by atoms with Gasteiger partial charge in [0.15, 0.2) is 0 Å². The summed E-state index contributed by atoms with van der Waals surface area (Å²) in [4.78, 5) is 30.0. The van der Waals surface area contributed by atoms with Gasteiger partial charge in [0.1, 0.15) is 17.4 Å². The van der Waals surface area contributed by atoms with Crippen LogP contribution in [0.2, 0.25) is 0 Å². The molecule has 2 heterocycles. The molecule has 0 aliphatic heterocycles. The molecule has 7 nitrogen and oxygen atoms in total. The summed E-state index contributed by atoms with van der Waals surface area (Å²) in [6, 6.07) is 16.0. The number of unbranched alkanes of at least 4 members (excludes halogenated alkanes) is 1. The molecular weight excluding hydrogens is 424 g/mol. The quantitative estimate of drug-likeness (QED) is 0.425. The summed E-state index contributed by atoms with van der Waals surface area (Å²) in [5.41, 5.74) is 2.48. The largest absolute Gasteiger partial charge is 0.487 e. The van der Waals surface area contributed by atoms with E-state index in [0.29, 0.717) is 27.7 Å². The molecule has 4 aromatic rings. The van der Waals surface area contributed by atoms with E-state index < -0.39 is 0 Å². The molecule has 0 saturated carbocycles. The number of fused-ring (bicyclic) bond motifs is 1. The van der Waals surface area contributed by atoms with Crippen molar-refractivity contribution in [1.82, 2.24) is 14.6 Å². The molecule has 0 atom stereocenters. The number of anilines is 1. The number of benzene rings is 2. The molecule has 0 aliphatic rings. The lowest BCUT2D eigenvalue weighted by Crippen LogP contribution is -2.16. The summed E-state index contributed by atoms with van der Waals surface area (Å²) < 4.78 is 7.19. The molecule has 1 amide bonds. The number of ether oxygens (including phenoxy) is 1. The molecule has 0 unspecified atom stereocenters. The van der Waals surface area contributed by atoms with Gasteiger partial charge in [0.05, 0.1) is 5.69 Å². The van der Waals surface area contributed by atoms with Crippen LogP contribution < -0.4 is 15.6 Å². The molecule has 0 aliphatic carbocycles. The zero-order valence-electron chi connectivity index (χ0n) is 18.0. The van der Waals surface area contributed by atoms with Crippen molar-refractivity contribution in [3.05, 3.63) is 86.8 Å². The Morgan fingerprint density at radius 1 is 1.16 bits per heavy atom. The van der Waals surface area contributed by atoms with Gasteiger partial charge in [-0.25, -0.2) is 4.98 Å². The molecule has 0 bridgehead atoms. The van der Waals surface area contributed by atoms with Crippen LogP contribution in [0.1, 0.15) is 46.4 Å². The number of hydrogen-bond acceptors (Lipinski definition) is 6. The normalized spacial score (nSPS) is 10.9. The van der Waals surface area contributed by atoms with Crippen LogP contribution in [0.3, 0.4) is 0 Å². The van der Waals surface area contributed by atoms with Crippen molar-refractivity contribution < 1.29 is 9.53 Å². The first-order valence-corrected chi connectivity index (χ1v) is 11.3. The lowest BCUT2D eigenvalue weighted by atomic mass is 10.1. The molecule has 0 fully saturated rings. The van der Waals surface area contributed by atoms with Gasteiger partial charge in [-0.15, -0.1) is 0 Å². The molecule has 8 heteroatoms. The lowest BCUT2D eigenvalue weighted by Gasteiger charge is -2.10. The van der Waals surface area contributed by atoms with E-state index in [1.165, 1.54) is 21.9 Å². The lowest BCUT2D eigenvalue weighted by molar-refractivity contribution is 0.102. The van der Waals surface area contributed by atoms with Crippen molar-refractivity contribution in [1.29, 1.82) is 0 Å². The van der Waals surface area contributed by atoms with Crippen molar-refractivity contribution in [2.75, 3.05) is 5.32 Å². The zero-order chi connectivity index (χ0) is 22.5. The van der Waals surface area contributed by atoms with Crippen molar-refractivity contribution in [3.8, 4) is 5.75 Å². The smallest absolute Gasteiger partial charge is 0.275 e.